The van der Waals surface area contributed by atoms with Crippen LogP contribution >= 0.6 is 0 Å². The Labute approximate surface area is 133 Å². The van der Waals surface area contributed by atoms with E-state index in [4.69, 9.17) is 19.5 Å². The van der Waals surface area contributed by atoms with Gasteiger partial charge in [0.2, 0.25) is 6.79 Å². The number of ether oxygens (including phenoxy) is 3. The molecule has 0 amide bonds. The molecule has 0 saturated carbocycles. The Balaban J connectivity index is 1.60. The second-order valence-corrected chi connectivity index (χ2v) is 4.82. The fraction of sp³-hybridized carbons (Fsp3) is 0.111. The summed E-state index contributed by atoms with van der Waals surface area (Å²) < 4.78 is 15.7. The van der Waals surface area contributed by atoms with Crippen molar-refractivity contribution in [2.75, 3.05) is 6.79 Å². The minimum absolute atomic E-state index is 0.0635. The van der Waals surface area contributed by atoms with Crippen LogP contribution in [0.1, 0.15) is 16.7 Å². The Kier molecular flexibility index (Phi) is 4.25. The van der Waals surface area contributed by atoms with Crippen LogP contribution in [0.25, 0.3) is 6.08 Å². The van der Waals surface area contributed by atoms with E-state index < -0.39 is 5.97 Å². The molecule has 0 N–H and O–H groups in total. The number of carbonyl (C=O) groups is 1. The molecule has 0 bridgehead atoms. The predicted octanol–water partition coefficient (Wildman–Crippen LogP) is 3.04. The van der Waals surface area contributed by atoms with Gasteiger partial charge in [-0.1, -0.05) is 24.3 Å². The summed E-state index contributed by atoms with van der Waals surface area (Å²) in [5, 5.41) is 8.99. The second kappa shape index (κ2) is 6.67. The molecule has 0 saturated heterocycles. The number of nitrogens with zero attached hydrogens (tertiary/aromatic N) is 1. The molecule has 3 rings (SSSR count). The summed E-state index contributed by atoms with van der Waals surface area (Å²) in [7, 11) is 0. The number of esters is 1. The molecule has 1 aliphatic heterocycles. The number of rotatable bonds is 4. The maximum absolute atomic E-state index is 11.8. The van der Waals surface area contributed by atoms with E-state index in [1.807, 2.05) is 6.07 Å². The van der Waals surface area contributed by atoms with E-state index in [2.05, 4.69) is 6.07 Å². The molecule has 23 heavy (non-hydrogen) atoms. The van der Waals surface area contributed by atoms with Gasteiger partial charge in [0, 0.05) is 11.6 Å². The van der Waals surface area contributed by atoms with Gasteiger partial charge in [-0.25, -0.2) is 4.79 Å². The Hall–Kier alpha value is -3.26. The third-order valence-electron chi connectivity index (χ3n) is 3.32. The molecule has 5 heteroatoms. The summed E-state index contributed by atoms with van der Waals surface area (Å²) in [5.74, 6) is 0.872. The highest BCUT2D eigenvalue weighted by molar-refractivity contribution is 5.87. The number of hydrogen-bond acceptors (Lipinski definition) is 5. The topological polar surface area (TPSA) is 68.5 Å². The van der Waals surface area contributed by atoms with Gasteiger partial charge >= 0.3 is 5.97 Å². The smallest absolute Gasteiger partial charge is 0.331 e. The predicted molar refractivity (Wildman–Crippen MR) is 82.6 cm³/mol. The van der Waals surface area contributed by atoms with Crippen LogP contribution in [0.15, 0.2) is 48.5 Å². The van der Waals surface area contributed by atoms with Crippen molar-refractivity contribution in [2.24, 2.45) is 0 Å². The molecular formula is C18H13NO4. The van der Waals surface area contributed by atoms with Gasteiger partial charge in [-0.2, -0.15) is 5.26 Å². The molecule has 114 valence electrons. The monoisotopic (exact) mass is 307 g/mol. The Morgan fingerprint density at radius 2 is 2.04 bits per heavy atom. The average Bonchev–Trinajstić information content (AvgIpc) is 3.06. The van der Waals surface area contributed by atoms with Crippen molar-refractivity contribution in [1.82, 2.24) is 0 Å². The van der Waals surface area contributed by atoms with E-state index in [0.717, 1.165) is 5.56 Å². The highest BCUT2D eigenvalue weighted by Crippen LogP contribution is 2.32. The zero-order valence-corrected chi connectivity index (χ0v) is 12.2. The van der Waals surface area contributed by atoms with Gasteiger partial charge in [-0.3, -0.25) is 0 Å². The first-order valence-electron chi connectivity index (χ1n) is 6.99. The molecular weight excluding hydrogens is 294 g/mol. The molecule has 1 heterocycles. The maximum atomic E-state index is 11.8. The number of benzene rings is 2. The first-order valence-corrected chi connectivity index (χ1v) is 6.99. The first-order chi connectivity index (χ1) is 11.3. The Morgan fingerprint density at radius 3 is 2.91 bits per heavy atom. The second-order valence-electron chi connectivity index (χ2n) is 4.82. The minimum atomic E-state index is -0.476. The SMILES string of the molecule is N#Cc1ccccc1COC(=O)/C=C/c1ccc2c(c1)OCO2. The van der Waals surface area contributed by atoms with Crippen molar-refractivity contribution in [2.45, 2.75) is 6.61 Å². The zero-order valence-electron chi connectivity index (χ0n) is 12.2. The summed E-state index contributed by atoms with van der Waals surface area (Å²) in [4.78, 5) is 11.8. The van der Waals surface area contributed by atoms with Crippen molar-refractivity contribution in [3.8, 4) is 17.6 Å². The quantitative estimate of drug-likeness (QED) is 0.641. The van der Waals surface area contributed by atoms with Crippen LogP contribution in [-0.2, 0) is 16.1 Å². The van der Waals surface area contributed by atoms with E-state index in [9.17, 15) is 4.79 Å². The largest absolute Gasteiger partial charge is 0.458 e. The van der Waals surface area contributed by atoms with E-state index in [1.54, 1.807) is 42.5 Å². The standard InChI is InChI=1S/C18H13NO4/c19-10-14-3-1-2-4-15(14)11-21-18(20)8-6-13-5-7-16-17(9-13)23-12-22-16/h1-9H,11-12H2/b8-6+. The van der Waals surface area contributed by atoms with E-state index in [-0.39, 0.29) is 13.4 Å². The fourth-order valence-electron chi connectivity index (χ4n) is 2.13. The lowest BCUT2D eigenvalue weighted by Crippen LogP contribution is -2.02. The van der Waals surface area contributed by atoms with Crippen LogP contribution in [-0.4, -0.2) is 12.8 Å². The van der Waals surface area contributed by atoms with Crippen LogP contribution in [0.5, 0.6) is 11.5 Å². The number of hydrogen-bond donors (Lipinski definition) is 0. The maximum Gasteiger partial charge on any atom is 0.331 e. The summed E-state index contributed by atoms with van der Waals surface area (Å²) in [6, 6.07) is 14.5. The molecule has 0 aromatic heterocycles. The summed E-state index contributed by atoms with van der Waals surface area (Å²) >= 11 is 0. The fourth-order valence-corrected chi connectivity index (χ4v) is 2.13. The van der Waals surface area contributed by atoms with Gasteiger partial charge in [0.05, 0.1) is 11.6 Å². The lowest BCUT2D eigenvalue weighted by molar-refractivity contribution is -0.138. The van der Waals surface area contributed by atoms with E-state index in [0.29, 0.717) is 22.6 Å². The molecule has 0 spiro atoms. The summed E-state index contributed by atoms with van der Waals surface area (Å²) in [6.07, 6.45) is 2.98. The molecule has 5 nitrogen and oxygen atoms in total. The van der Waals surface area contributed by atoms with Crippen molar-refractivity contribution >= 4 is 12.0 Å². The van der Waals surface area contributed by atoms with Crippen molar-refractivity contribution < 1.29 is 19.0 Å². The van der Waals surface area contributed by atoms with Gasteiger partial charge < -0.3 is 14.2 Å². The molecule has 1 aliphatic rings. The normalized spacial score (nSPS) is 12.1. The summed E-state index contributed by atoms with van der Waals surface area (Å²) in [6.45, 7) is 0.275. The highest BCUT2D eigenvalue weighted by Gasteiger charge is 2.12. The Morgan fingerprint density at radius 1 is 1.22 bits per heavy atom. The van der Waals surface area contributed by atoms with Gasteiger partial charge in [0.1, 0.15) is 6.61 Å². The third kappa shape index (κ3) is 3.50. The molecule has 0 aliphatic carbocycles. The van der Waals surface area contributed by atoms with E-state index >= 15 is 0 Å². The lowest BCUT2D eigenvalue weighted by atomic mass is 10.1. The lowest BCUT2D eigenvalue weighted by Gasteiger charge is -2.04. The average molecular weight is 307 g/mol. The highest BCUT2D eigenvalue weighted by atomic mass is 16.7. The molecule has 0 fully saturated rings. The van der Waals surface area contributed by atoms with Crippen LogP contribution in [0.4, 0.5) is 0 Å². The molecule has 2 aromatic rings. The number of fused-ring (bicyclic) bond motifs is 1. The van der Waals surface area contributed by atoms with Crippen molar-refractivity contribution in [3.63, 3.8) is 0 Å². The molecule has 2 aromatic carbocycles. The minimum Gasteiger partial charge on any atom is -0.458 e. The van der Waals surface area contributed by atoms with Gasteiger partial charge in [-0.15, -0.1) is 0 Å². The van der Waals surface area contributed by atoms with Crippen molar-refractivity contribution in [1.29, 1.82) is 5.26 Å². The van der Waals surface area contributed by atoms with Crippen molar-refractivity contribution in [3.05, 3.63) is 65.2 Å². The van der Waals surface area contributed by atoms with Crippen LogP contribution in [0, 0.1) is 11.3 Å². The third-order valence-corrected chi connectivity index (χ3v) is 3.32. The van der Waals surface area contributed by atoms with Crippen LogP contribution < -0.4 is 9.47 Å². The van der Waals surface area contributed by atoms with Crippen LogP contribution in [0.2, 0.25) is 0 Å². The molecule has 0 unspecified atom stereocenters. The number of nitriles is 1. The van der Waals surface area contributed by atoms with Gasteiger partial charge in [0.15, 0.2) is 11.5 Å². The van der Waals surface area contributed by atoms with E-state index in [1.165, 1.54) is 6.08 Å². The molecule has 0 radical (unpaired) electrons. The van der Waals surface area contributed by atoms with Gasteiger partial charge in [0.25, 0.3) is 0 Å². The summed E-state index contributed by atoms with van der Waals surface area (Å²) in [5.41, 5.74) is 1.99. The molecule has 0 atom stereocenters. The van der Waals surface area contributed by atoms with Gasteiger partial charge in [-0.05, 0) is 29.8 Å². The number of carbonyl (C=O) groups excluding carboxylic acids is 1. The zero-order chi connectivity index (χ0) is 16.1. The first kappa shape index (κ1) is 14.7. The Bertz CT molecular complexity index is 805. The van der Waals surface area contributed by atoms with Crippen LogP contribution in [0.3, 0.4) is 0 Å².